The Morgan fingerprint density at radius 2 is 1.81 bits per heavy atom. The maximum absolute atomic E-state index is 9.48. The zero-order chi connectivity index (χ0) is 25.5. The molecule has 2 aliphatic heterocycles. The van der Waals surface area contributed by atoms with Gasteiger partial charge in [-0.2, -0.15) is 0 Å². The maximum Gasteiger partial charge on any atom is 0.159 e. The third-order valence-corrected chi connectivity index (χ3v) is 9.32. The molecule has 3 saturated carbocycles. The number of aliphatic hydroxyl groups is 1. The molecule has 5 aliphatic rings. The van der Waals surface area contributed by atoms with Crippen molar-refractivity contribution < 1.29 is 24.1 Å². The van der Waals surface area contributed by atoms with Crippen LogP contribution in [0, 0.1) is 46.9 Å². The average molecular weight is 511 g/mol. The minimum atomic E-state index is -0.158. The highest BCUT2D eigenvalue weighted by Gasteiger charge is 2.49. The second-order valence-electron chi connectivity index (χ2n) is 11.8. The Hall–Kier alpha value is -1.34. The van der Waals surface area contributed by atoms with E-state index in [4.69, 9.17) is 18.9 Å². The lowest BCUT2D eigenvalue weighted by atomic mass is 9.63. The number of fused-ring (bicyclic) bond motifs is 1. The minimum Gasteiger partial charge on any atom is -0.392 e. The van der Waals surface area contributed by atoms with Crippen LogP contribution in [-0.4, -0.2) is 49.7 Å². The molecule has 7 atom stereocenters. The lowest BCUT2D eigenvalue weighted by Gasteiger charge is -2.45. The fourth-order valence-electron chi connectivity index (χ4n) is 7.09. The fraction of sp³-hybridized carbons (Fsp3) is 0.812. The number of allylic oxidation sites excluding steroid dienone is 1. The van der Waals surface area contributed by atoms with Crippen LogP contribution in [0.3, 0.4) is 0 Å². The van der Waals surface area contributed by atoms with Crippen LogP contribution >= 0.6 is 0 Å². The number of rotatable bonds is 7. The molecule has 0 amide bonds. The van der Waals surface area contributed by atoms with E-state index in [0.29, 0.717) is 11.8 Å². The van der Waals surface area contributed by atoms with Crippen LogP contribution < -0.4 is 0 Å². The molecule has 0 spiro atoms. The van der Waals surface area contributed by atoms with Crippen molar-refractivity contribution in [3.05, 3.63) is 11.6 Å². The van der Waals surface area contributed by atoms with Gasteiger partial charge in [-0.25, -0.2) is 0 Å². The summed E-state index contributed by atoms with van der Waals surface area (Å²) >= 11 is 0. The van der Waals surface area contributed by atoms with Crippen LogP contribution in [0.15, 0.2) is 11.6 Å². The third kappa shape index (κ3) is 6.63. The van der Waals surface area contributed by atoms with E-state index in [9.17, 15) is 5.11 Å². The average Bonchev–Trinajstić information content (AvgIpc) is 3.42. The number of aliphatic hydroxyl groups excluding tert-OH is 1. The third-order valence-electron chi connectivity index (χ3n) is 9.32. The molecule has 3 aliphatic carbocycles. The molecule has 2 heterocycles. The van der Waals surface area contributed by atoms with Crippen molar-refractivity contribution in [1.29, 1.82) is 0 Å². The van der Waals surface area contributed by atoms with Crippen molar-refractivity contribution in [3.8, 4) is 23.7 Å². The Kier molecular flexibility index (Phi) is 9.67. The summed E-state index contributed by atoms with van der Waals surface area (Å²) in [6.45, 7) is 3.80. The van der Waals surface area contributed by atoms with Crippen LogP contribution in [0.4, 0.5) is 0 Å². The molecule has 0 aromatic heterocycles. The van der Waals surface area contributed by atoms with Gasteiger partial charge < -0.3 is 24.1 Å². The van der Waals surface area contributed by atoms with Crippen LogP contribution in [0.2, 0.25) is 0 Å². The van der Waals surface area contributed by atoms with E-state index < -0.39 is 0 Å². The fourth-order valence-corrected chi connectivity index (χ4v) is 7.09. The van der Waals surface area contributed by atoms with Gasteiger partial charge in [0.1, 0.15) is 6.10 Å². The molecule has 2 saturated heterocycles. The second-order valence-corrected chi connectivity index (χ2v) is 11.8. The van der Waals surface area contributed by atoms with Gasteiger partial charge in [-0.3, -0.25) is 0 Å². The second kappa shape index (κ2) is 13.1. The summed E-state index contributed by atoms with van der Waals surface area (Å²) in [7, 11) is 0. The molecule has 5 heteroatoms. The number of hydrogen-bond acceptors (Lipinski definition) is 5. The molecule has 37 heavy (non-hydrogen) atoms. The van der Waals surface area contributed by atoms with Crippen LogP contribution in [0.5, 0.6) is 0 Å². The highest BCUT2D eigenvalue weighted by Crippen LogP contribution is 2.52. The molecule has 0 aromatic rings. The van der Waals surface area contributed by atoms with E-state index in [2.05, 4.69) is 30.6 Å². The van der Waals surface area contributed by atoms with Gasteiger partial charge in [0, 0.05) is 31.5 Å². The first-order valence-electron chi connectivity index (χ1n) is 15.0. The topological polar surface area (TPSA) is 57.2 Å². The molecule has 1 N–H and O–H groups in total. The monoisotopic (exact) mass is 510 g/mol. The lowest BCUT2D eigenvalue weighted by molar-refractivity contribution is -0.206. The predicted octanol–water partition coefficient (Wildman–Crippen LogP) is 5.75. The summed E-state index contributed by atoms with van der Waals surface area (Å²) in [4.78, 5) is 0. The SMILES string of the molecule is CCC#CCC1([C@@H](C#C[C@H]2[C@H]3CC(=CCO)C[C@H]3C[C@H]2OC2CCCCO2)OC2CCCCO2)CCC1. The maximum atomic E-state index is 9.48. The van der Waals surface area contributed by atoms with Gasteiger partial charge in [-0.15, -0.1) is 11.8 Å². The Balaban J connectivity index is 1.38. The van der Waals surface area contributed by atoms with Crippen LogP contribution in [0.25, 0.3) is 0 Å². The van der Waals surface area contributed by atoms with E-state index in [1.807, 2.05) is 6.08 Å². The summed E-state index contributed by atoms with van der Waals surface area (Å²) in [6.07, 6.45) is 16.5. The summed E-state index contributed by atoms with van der Waals surface area (Å²) in [6, 6.07) is 0. The van der Waals surface area contributed by atoms with E-state index >= 15 is 0 Å². The van der Waals surface area contributed by atoms with Crippen molar-refractivity contribution in [3.63, 3.8) is 0 Å². The molecular formula is C32H46O5. The Bertz CT molecular complexity index is 888. The van der Waals surface area contributed by atoms with Crippen LogP contribution in [-0.2, 0) is 18.9 Å². The largest absolute Gasteiger partial charge is 0.392 e. The zero-order valence-corrected chi connectivity index (χ0v) is 22.7. The number of hydrogen-bond donors (Lipinski definition) is 1. The molecule has 0 bridgehead atoms. The predicted molar refractivity (Wildman–Crippen MR) is 143 cm³/mol. The molecule has 0 aromatic carbocycles. The minimum absolute atomic E-state index is 0.00838. The highest BCUT2D eigenvalue weighted by molar-refractivity contribution is 5.24. The molecule has 204 valence electrons. The molecule has 5 rings (SSSR count). The Labute approximate surface area is 224 Å². The molecule has 5 fully saturated rings. The van der Waals surface area contributed by atoms with Gasteiger partial charge in [-0.05, 0) is 82.5 Å². The Morgan fingerprint density at radius 3 is 2.46 bits per heavy atom. The number of ether oxygens (including phenoxy) is 4. The van der Waals surface area contributed by atoms with Crippen LogP contribution in [0.1, 0.15) is 96.8 Å². The quantitative estimate of drug-likeness (QED) is 0.349. The molecule has 0 radical (unpaired) electrons. The van der Waals surface area contributed by atoms with Gasteiger partial charge in [0.2, 0.25) is 0 Å². The van der Waals surface area contributed by atoms with E-state index in [0.717, 1.165) is 90.3 Å². The zero-order valence-electron chi connectivity index (χ0n) is 22.7. The van der Waals surface area contributed by atoms with Crippen molar-refractivity contribution in [1.82, 2.24) is 0 Å². The van der Waals surface area contributed by atoms with Gasteiger partial charge in [0.05, 0.1) is 18.6 Å². The van der Waals surface area contributed by atoms with Gasteiger partial charge in [0.25, 0.3) is 0 Å². The summed E-state index contributed by atoms with van der Waals surface area (Å²) in [5, 5.41) is 9.48. The van der Waals surface area contributed by atoms with Gasteiger partial charge in [-0.1, -0.05) is 36.8 Å². The lowest BCUT2D eigenvalue weighted by Crippen LogP contribution is -2.44. The standard InChI is InChI=1S/C32H46O5/c1-2-3-6-15-32(16-9-17-32)29(37-31-11-5-8-20-35-31)13-12-26-27-22-24(14-18-33)21-25(27)23-28(26)36-30-10-4-7-19-34-30/h14,25-31,33H,2,4-5,7-11,15-23H2,1H3/t25-,26-,27-,28+,29+,30?,31?/m0/s1. The smallest absolute Gasteiger partial charge is 0.159 e. The van der Waals surface area contributed by atoms with Gasteiger partial charge in [0.15, 0.2) is 12.6 Å². The molecule has 5 nitrogen and oxygen atoms in total. The van der Waals surface area contributed by atoms with E-state index in [-0.39, 0.29) is 42.7 Å². The first-order chi connectivity index (χ1) is 18.2. The summed E-state index contributed by atoms with van der Waals surface area (Å²) in [5.41, 5.74) is 1.39. The van der Waals surface area contributed by atoms with E-state index in [1.54, 1.807) is 0 Å². The molecular weight excluding hydrogens is 464 g/mol. The first kappa shape index (κ1) is 27.2. The summed E-state index contributed by atoms with van der Waals surface area (Å²) < 4.78 is 25.2. The van der Waals surface area contributed by atoms with E-state index in [1.165, 1.54) is 18.4 Å². The van der Waals surface area contributed by atoms with Crippen molar-refractivity contribution in [2.45, 2.75) is 122 Å². The normalized spacial score (nSPS) is 36.5. The first-order valence-corrected chi connectivity index (χ1v) is 15.0. The van der Waals surface area contributed by atoms with Crippen molar-refractivity contribution in [2.75, 3.05) is 19.8 Å². The van der Waals surface area contributed by atoms with Crippen molar-refractivity contribution in [2.24, 2.45) is 23.2 Å². The van der Waals surface area contributed by atoms with Crippen molar-refractivity contribution >= 4 is 0 Å². The van der Waals surface area contributed by atoms with Gasteiger partial charge >= 0.3 is 0 Å². The highest BCUT2D eigenvalue weighted by atomic mass is 16.7. The molecule has 2 unspecified atom stereocenters. The summed E-state index contributed by atoms with van der Waals surface area (Å²) in [5.74, 6) is 15.4. The Morgan fingerprint density at radius 1 is 1.03 bits per heavy atom.